The number of hydrogen-bond acceptors (Lipinski definition) is 9. The number of benzene rings is 3. The van der Waals surface area contributed by atoms with Crippen LogP contribution in [-0.2, 0) is 29.4 Å². The van der Waals surface area contributed by atoms with Crippen molar-refractivity contribution in [2.45, 2.75) is 31.7 Å². The number of methoxy groups -OCH3 is 2. The molecule has 0 atom stereocenters. The van der Waals surface area contributed by atoms with Crippen molar-refractivity contribution in [1.29, 1.82) is 5.41 Å². The van der Waals surface area contributed by atoms with Crippen LogP contribution >= 0.6 is 0 Å². The average Bonchev–Trinajstić information content (AvgIpc) is 3.41. The first-order valence-corrected chi connectivity index (χ1v) is 15.4. The number of amides is 3. The molecule has 250 valence electrons. The van der Waals surface area contributed by atoms with Gasteiger partial charge < -0.3 is 30.4 Å². The molecule has 14 heteroatoms. The van der Waals surface area contributed by atoms with E-state index in [-0.39, 0.29) is 23.8 Å². The zero-order valence-electron chi connectivity index (χ0n) is 27.0. The summed E-state index contributed by atoms with van der Waals surface area (Å²) in [4.78, 5) is 54.2. The normalized spacial score (nSPS) is 13.5. The van der Waals surface area contributed by atoms with Gasteiger partial charge in [-0.3, -0.25) is 15.6 Å². The van der Waals surface area contributed by atoms with Gasteiger partial charge in [0.15, 0.2) is 0 Å². The van der Waals surface area contributed by atoms with E-state index in [1.54, 1.807) is 54.6 Å². The fourth-order valence-corrected chi connectivity index (χ4v) is 5.69. The first-order valence-electron chi connectivity index (χ1n) is 15.4. The summed E-state index contributed by atoms with van der Waals surface area (Å²) in [5.74, 6) is -0.578. The van der Waals surface area contributed by atoms with Crippen LogP contribution in [0.4, 0.5) is 10.5 Å². The van der Waals surface area contributed by atoms with Crippen molar-refractivity contribution in [3.63, 3.8) is 0 Å². The zero-order chi connectivity index (χ0) is 34.4. The molecule has 14 nitrogen and oxygen atoms in total. The van der Waals surface area contributed by atoms with Crippen LogP contribution in [0.1, 0.15) is 60.9 Å². The van der Waals surface area contributed by atoms with Gasteiger partial charge in [0.05, 0.1) is 36.4 Å². The Balaban J connectivity index is 1.14. The van der Waals surface area contributed by atoms with Crippen LogP contribution in [0.5, 0.6) is 0 Å². The van der Waals surface area contributed by atoms with Gasteiger partial charge in [-0.05, 0) is 73.4 Å². The number of imidazole rings is 1. The quantitative estimate of drug-likeness (QED) is 0.0970. The molecule has 5 rings (SSSR count). The lowest BCUT2D eigenvalue weighted by atomic mass is 9.99. The molecule has 1 saturated heterocycles. The van der Waals surface area contributed by atoms with Crippen LogP contribution in [0.2, 0.25) is 0 Å². The van der Waals surface area contributed by atoms with Crippen LogP contribution in [0, 0.1) is 5.41 Å². The topological polar surface area (TPSA) is 194 Å². The SMILES string of the molecule is COC(=O)c1cccc(NC(=O)NC2CCN(NC(=O)c3ccc4c(c3)nc(CCc3ccc(C(=O)OC)cc3C(=N)N)n4C)CC2)c1. The molecule has 1 aliphatic rings. The van der Waals surface area contributed by atoms with Gasteiger partial charge in [-0.25, -0.2) is 24.4 Å². The standard InChI is InChI=1S/C34H38N8O6/c1-41-28-11-9-21(19-27(28)39-29(41)12-10-20-7-8-23(33(45)48-3)18-26(20)30(35)36)31(43)40-42-15-13-24(14-16-42)37-34(46)38-25-6-4-5-22(17-25)32(44)47-2/h4-9,11,17-19,24H,10,12-16H2,1-3H3,(H3,35,36)(H,40,43)(H2,37,38,46). The van der Waals surface area contributed by atoms with E-state index in [0.29, 0.717) is 72.2 Å². The van der Waals surface area contributed by atoms with Crippen molar-refractivity contribution in [2.75, 3.05) is 32.6 Å². The van der Waals surface area contributed by atoms with E-state index in [1.165, 1.54) is 14.2 Å². The maximum absolute atomic E-state index is 13.2. The summed E-state index contributed by atoms with van der Waals surface area (Å²) in [6.07, 6.45) is 2.35. The number of nitrogens with two attached hydrogens (primary N) is 1. The summed E-state index contributed by atoms with van der Waals surface area (Å²) in [5.41, 5.74) is 13.2. The second kappa shape index (κ2) is 14.8. The van der Waals surface area contributed by atoms with Gasteiger partial charge in [0.2, 0.25) is 0 Å². The second-order valence-electron chi connectivity index (χ2n) is 11.4. The van der Waals surface area contributed by atoms with Crippen LogP contribution in [-0.4, -0.2) is 77.6 Å². The number of rotatable bonds is 10. The number of fused-ring (bicyclic) bond motifs is 1. The molecular formula is C34H38N8O6. The number of ether oxygens (including phenoxy) is 2. The van der Waals surface area contributed by atoms with E-state index in [0.717, 1.165) is 16.9 Å². The smallest absolute Gasteiger partial charge is 0.337 e. The number of hydrazine groups is 1. The summed E-state index contributed by atoms with van der Waals surface area (Å²) < 4.78 is 11.5. The highest BCUT2D eigenvalue weighted by Gasteiger charge is 2.23. The summed E-state index contributed by atoms with van der Waals surface area (Å²) in [5, 5.41) is 15.5. The van der Waals surface area contributed by atoms with Gasteiger partial charge in [-0.15, -0.1) is 0 Å². The maximum atomic E-state index is 13.2. The number of esters is 2. The highest BCUT2D eigenvalue weighted by atomic mass is 16.5. The fraction of sp³-hybridized carbons (Fsp3) is 0.294. The summed E-state index contributed by atoms with van der Waals surface area (Å²) >= 11 is 0. The monoisotopic (exact) mass is 654 g/mol. The molecule has 1 fully saturated rings. The molecule has 0 bridgehead atoms. The Kier molecular flexibility index (Phi) is 10.3. The van der Waals surface area contributed by atoms with Crippen molar-refractivity contribution in [3.05, 3.63) is 94.3 Å². The molecule has 3 amide bonds. The van der Waals surface area contributed by atoms with Crippen molar-refractivity contribution >= 4 is 46.4 Å². The predicted octanol–water partition coefficient (Wildman–Crippen LogP) is 3.15. The summed E-state index contributed by atoms with van der Waals surface area (Å²) in [6.45, 7) is 1.10. The molecule has 1 aliphatic heterocycles. The number of nitrogens with one attached hydrogen (secondary N) is 4. The van der Waals surface area contributed by atoms with Crippen molar-refractivity contribution < 1.29 is 28.7 Å². The number of nitrogen functional groups attached to an aromatic ring is 1. The third-order valence-electron chi connectivity index (χ3n) is 8.31. The molecule has 6 N–H and O–H groups in total. The molecule has 4 aromatic rings. The minimum atomic E-state index is -0.497. The van der Waals surface area contributed by atoms with Gasteiger partial charge in [-0.2, -0.15) is 0 Å². The highest BCUT2D eigenvalue weighted by Crippen LogP contribution is 2.21. The van der Waals surface area contributed by atoms with E-state index in [4.69, 9.17) is 25.6 Å². The average molecular weight is 655 g/mol. The van der Waals surface area contributed by atoms with Gasteiger partial charge in [0.25, 0.3) is 5.91 Å². The van der Waals surface area contributed by atoms with Crippen LogP contribution in [0.3, 0.4) is 0 Å². The van der Waals surface area contributed by atoms with Gasteiger partial charge in [-0.1, -0.05) is 12.1 Å². The second-order valence-corrected chi connectivity index (χ2v) is 11.4. The Bertz CT molecular complexity index is 1880. The lowest BCUT2D eigenvalue weighted by molar-refractivity contribution is 0.0592. The largest absolute Gasteiger partial charge is 0.465 e. The molecule has 3 aromatic carbocycles. The number of urea groups is 1. The molecule has 0 aliphatic carbocycles. The molecule has 48 heavy (non-hydrogen) atoms. The van der Waals surface area contributed by atoms with E-state index in [9.17, 15) is 19.2 Å². The number of aryl methyl sites for hydroxylation is 3. The lowest BCUT2D eigenvalue weighted by Crippen LogP contribution is -2.51. The lowest BCUT2D eigenvalue weighted by Gasteiger charge is -2.32. The van der Waals surface area contributed by atoms with E-state index in [2.05, 4.69) is 16.1 Å². The third kappa shape index (κ3) is 7.78. The Morgan fingerprint density at radius 1 is 0.917 bits per heavy atom. The summed E-state index contributed by atoms with van der Waals surface area (Å²) in [7, 11) is 4.51. The predicted molar refractivity (Wildman–Crippen MR) is 179 cm³/mol. The number of aromatic nitrogens is 2. The third-order valence-corrected chi connectivity index (χ3v) is 8.31. The molecule has 0 saturated carbocycles. The maximum Gasteiger partial charge on any atom is 0.337 e. The molecular weight excluding hydrogens is 616 g/mol. The zero-order valence-corrected chi connectivity index (χ0v) is 27.0. The first kappa shape index (κ1) is 33.6. The fourth-order valence-electron chi connectivity index (χ4n) is 5.69. The minimum Gasteiger partial charge on any atom is -0.465 e. The Morgan fingerprint density at radius 2 is 1.60 bits per heavy atom. The van der Waals surface area contributed by atoms with Gasteiger partial charge >= 0.3 is 18.0 Å². The summed E-state index contributed by atoms with van der Waals surface area (Å²) in [6, 6.07) is 16.4. The number of carbonyl (C=O) groups is 4. The first-order chi connectivity index (χ1) is 23.1. The van der Waals surface area contributed by atoms with Crippen molar-refractivity contribution in [1.82, 2.24) is 25.3 Å². The molecule has 2 heterocycles. The Labute approximate surface area is 277 Å². The number of carbonyl (C=O) groups excluding carboxylic acids is 4. The minimum absolute atomic E-state index is 0.0810. The molecule has 0 radical (unpaired) electrons. The number of anilines is 1. The van der Waals surface area contributed by atoms with E-state index in [1.807, 2.05) is 22.7 Å². The van der Waals surface area contributed by atoms with Crippen molar-refractivity contribution in [3.8, 4) is 0 Å². The van der Waals surface area contributed by atoms with Crippen LogP contribution in [0.25, 0.3) is 11.0 Å². The van der Waals surface area contributed by atoms with Gasteiger partial charge in [0.1, 0.15) is 11.7 Å². The number of piperidine rings is 1. The Hall–Kier alpha value is -5.76. The number of hydrogen-bond donors (Lipinski definition) is 5. The molecule has 0 unspecified atom stereocenters. The Morgan fingerprint density at radius 3 is 2.29 bits per heavy atom. The van der Waals surface area contributed by atoms with Gasteiger partial charge in [0, 0.05) is 49.4 Å². The number of nitrogens with zero attached hydrogens (tertiary/aromatic N) is 3. The van der Waals surface area contributed by atoms with E-state index < -0.39 is 11.9 Å². The number of amidine groups is 1. The molecule has 0 spiro atoms. The molecule has 1 aromatic heterocycles. The van der Waals surface area contributed by atoms with E-state index >= 15 is 0 Å². The van der Waals surface area contributed by atoms with Crippen molar-refractivity contribution in [2.24, 2.45) is 12.8 Å². The van der Waals surface area contributed by atoms with Crippen LogP contribution < -0.4 is 21.8 Å². The van der Waals surface area contributed by atoms with Crippen LogP contribution in [0.15, 0.2) is 60.7 Å². The highest BCUT2D eigenvalue weighted by molar-refractivity contribution is 6.00.